The summed E-state index contributed by atoms with van der Waals surface area (Å²) >= 11 is 5.86. The van der Waals surface area contributed by atoms with Gasteiger partial charge in [-0.3, -0.25) is 9.59 Å². The van der Waals surface area contributed by atoms with Gasteiger partial charge in [0.15, 0.2) is 0 Å². The Labute approximate surface area is 161 Å². The smallest absolute Gasteiger partial charge is 0.229 e. The number of nitrogens with one attached hydrogen (secondary N) is 2. The molecular weight excluding hydrogens is 364 g/mol. The van der Waals surface area contributed by atoms with Gasteiger partial charge in [0.1, 0.15) is 0 Å². The van der Waals surface area contributed by atoms with Crippen molar-refractivity contribution in [1.29, 1.82) is 0 Å². The van der Waals surface area contributed by atoms with Crippen LogP contribution in [0, 0.1) is 5.92 Å². The lowest BCUT2D eigenvalue weighted by atomic mass is 10.1. The molecule has 0 aliphatic carbocycles. The summed E-state index contributed by atoms with van der Waals surface area (Å²) in [7, 11) is 0. The maximum atomic E-state index is 12.7. The number of nitrogens with zero attached hydrogens (tertiary/aromatic N) is 2. The second-order valence-corrected chi connectivity index (χ2v) is 7.14. The number of aromatic nitrogens is 2. The number of carbonyl (C=O) groups excluding carboxylic acids is 2. The lowest BCUT2D eigenvalue weighted by molar-refractivity contribution is -0.129. The Morgan fingerprint density at radius 3 is 2.85 bits per heavy atom. The van der Waals surface area contributed by atoms with Gasteiger partial charge >= 0.3 is 0 Å². The van der Waals surface area contributed by atoms with Crippen LogP contribution in [0.1, 0.15) is 24.9 Å². The molecule has 2 heterocycles. The van der Waals surface area contributed by atoms with E-state index in [1.807, 2.05) is 37.3 Å². The van der Waals surface area contributed by atoms with E-state index >= 15 is 0 Å². The van der Waals surface area contributed by atoms with E-state index in [2.05, 4.69) is 15.3 Å². The van der Waals surface area contributed by atoms with Gasteiger partial charge < -0.3 is 15.2 Å². The van der Waals surface area contributed by atoms with Crippen LogP contribution < -0.4 is 5.32 Å². The Morgan fingerprint density at radius 1 is 1.30 bits per heavy atom. The fourth-order valence-electron chi connectivity index (χ4n) is 3.49. The number of anilines is 1. The highest BCUT2D eigenvalue weighted by molar-refractivity contribution is 6.29. The number of fused-ring (bicyclic) bond motifs is 1. The van der Waals surface area contributed by atoms with E-state index in [1.165, 1.54) is 0 Å². The number of H-pyrrole nitrogens is 1. The molecule has 0 radical (unpaired) electrons. The van der Waals surface area contributed by atoms with Crippen LogP contribution >= 0.6 is 11.6 Å². The summed E-state index contributed by atoms with van der Waals surface area (Å²) in [6.45, 7) is 2.41. The first-order chi connectivity index (χ1) is 13.0. The van der Waals surface area contributed by atoms with E-state index in [-0.39, 0.29) is 30.2 Å². The Hall–Kier alpha value is -2.86. The first-order valence-corrected chi connectivity index (χ1v) is 9.19. The van der Waals surface area contributed by atoms with Gasteiger partial charge in [-0.25, -0.2) is 4.98 Å². The van der Waals surface area contributed by atoms with Gasteiger partial charge in [0.2, 0.25) is 17.1 Å². The van der Waals surface area contributed by atoms with Crippen molar-refractivity contribution in [2.45, 2.75) is 19.4 Å². The third-order valence-electron chi connectivity index (χ3n) is 5.00. The van der Waals surface area contributed by atoms with Gasteiger partial charge in [-0.05, 0) is 42.3 Å². The summed E-state index contributed by atoms with van der Waals surface area (Å²) in [5.41, 5.74) is 3.19. The van der Waals surface area contributed by atoms with E-state index in [1.54, 1.807) is 23.1 Å². The van der Waals surface area contributed by atoms with Crippen molar-refractivity contribution >= 4 is 40.1 Å². The molecular formula is C20H19ClN4O2. The normalized spacial score (nSPS) is 18.1. The van der Waals surface area contributed by atoms with E-state index in [4.69, 9.17) is 11.6 Å². The molecule has 2 N–H and O–H groups in total. The number of hydrogen-bond acceptors (Lipinski definition) is 3. The molecule has 0 spiro atoms. The third kappa shape index (κ3) is 3.53. The second-order valence-electron chi connectivity index (χ2n) is 6.78. The van der Waals surface area contributed by atoms with E-state index < -0.39 is 0 Å². The molecule has 1 fully saturated rings. The van der Waals surface area contributed by atoms with E-state index in [0.29, 0.717) is 17.5 Å². The maximum Gasteiger partial charge on any atom is 0.229 e. The molecule has 2 unspecified atom stereocenters. The molecule has 1 aliphatic heterocycles. The SMILES string of the molecule is CC(c1ccccc1)N1CC(C(=O)Nc2ccc3nc(Cl)[nH]c3c2)CC1=O. The molecule has 2 amide bonds. The zero-order chi connectivity index (χ0) is 19.0. The zero-order valence-electron chi connectivity index (χ0n) is 14.8. The Bertz CT molecular complexity index is 1000. The molecule has 27 heavy (non-hydrogen) atoms. The highest BCUT2D eigenvalue weighted by atomic mass is 35.5. The van der Waals surface area contributed by atoms with Crippen LogP contribution in [-0.4, -0.2) is 33.2 Å². The van der Waals surface area contributed by atoms with Crippen molar-refractivity contribution in [2.24, 2.45) is 5.92 Å². The molecule has 3 aromatic rings. The van der Waals surface area contributed by atoms with Crippen LogP contribution in [0.15, 0.2) is 48.5 Å². The summed E-state index contributed by atoms with van der Waals surface area (Å²) < 4.78 is 0. The number of amides is 2. The highest BCUT2D eigenvalue weighted by Crippen LogP contribution is 2.29. The van der Waals surface area contributed by atoms with E-state index in [9.17, 15) is 9.59 Å². The standard InChI is InChI=1S/C20H19ClN4O2/c1-12(13-5-3-2-4-6-13)25-11-14(9-18(25)26)19(27)22-15-7-8-16-17(10-15)24-20(21)23-16/h2-8,10,12,14H,9,11H2,1H3,(H,22,27)(H,23,24). The Morgan fingerprint density at radius 2 is 2.07 bits per heavy atom. The van der Waals surface area contributed by atoms with Gasteiger partial charge in [-0.2, -0.15) is 0 Å². The molecule has 1 saturated heterocycles. The Balaban J connectivity index is 1.45. The lowest BCUT2D eigenvalue weighted by Crippen LogP contribution is -2.30. The predicted octanol–water partition coefficient (Wildman–Crippen LogP) is 3.76. The van der Waals surface area contributed by atoms with Crippen LogP contribution in [0.25, 0.3) is 11.0 Å². The van der Waals surface area contributed by atoms with Crippen molar-refractivity contribution in [3.05, 3.63) is 59.4 Å². The van der Waals surface area contributed by atoms with Crippen LogP contribution in [0.2, 0.25) is 5.28 Å². The largest absolute Gasteiger partial charge is 0.335 e. The molecule has 0 bridgehead atoms. The average Bonchev–Trinajstić information content (AvgIpc) is 3.23. The molecule has 7 heteroatoms. The minimum Gasteiger partial charge on any atom is -0.335 e. The number of likely N-dealkylation sites (tertiary alicyclic amines) is 1. The van der Waals surface area contributed by atoms with Crippen molar-refractivity contribution in [1.82, 2.24) is 14.9 Å². The predicted molar refractivity (Wildman–Crippen MR) is 104 cm³/mol. The van der Waals surface area contributed by atoms with Crippen LogP contribution in [-0.2, 0) is 9.59 Å². The number of rotatable bonds is 4. The fraction of sp³-hybridized carbons (Fsp3) is 0.250. The van der Waals surface area contributed by atoms with Gasteiger partial charge in [-0.1, -0.05) is 30.3 Å². The second kappa shape index (κ2) is 7.04. The number of carbonyl (C=O) groups is 2. The molecule has 1 aliphatic rings. The molecule has 2 atom stereocenters. The number of halogens is 1. The monoisotopic (exact) mass is 382 g/mol. The number of aromatic amines is 1. The van der Waals surface area contributed by atoms with Crippen molar-refractivity contribution < 1.29 is 9.59 Å². The molecule has 1 aromatic heterocycles. The minimum atomic E-state index is -0.371. The lowest BCUT2D eigenvalue weighted by Gasteiger charge is -2.25. The molecule has 2 aromatic carbocycles. The first kappa shape index (κ1) is 17.5. The van der Waals surface area contributed by atoms with E-state index in [0.717, 1.165) is 16.6 Å². The summed E-state index contributed by atoms with van der Waals surface area (Å²) in [5.74, 6) is -0.525. The van der Waals surface area contributed by atoms with Crippen LogP contribution in [0.4, 0.5) is 5.69 Å². The van der Waals surface area contributed by atoms with Gasteiger partial charge in [0, 0.05) is 18.7 Å². The fourth-order valence-corrected chi connectivity index (χ4v) is 3.69. The highest BCUT2D eigenvalue weighted by Gasteiger charge is 2.37. The first-order valence-electron chi connectivity index (χ1n) is 8.82. The van der Waals surface area contributed by atoms with Gasteiger partial charge in [0.25, 0.3) is 0 Å². The average molecular weight is 383 g/mol. The summed E-state index contributed by atoms with van der Waals surface area (Å²) in [6.07, 6.45) is 0.223. The van der Waals surface area contributed by atoms with Crippen molar-refractivity contribution in [3.63, 3.8) is 0 Å². The molecule has 0 saturated carbocycles. The van der Waals surface area contributed by atoms with Crippen molar-refractivity contribution in [2.75, 3.05) is 11.9 Å². The van der Waals surface area contributed by atoms with Crippen LogP contribution in [0.3, 0.4) is 0 Å². The topological polar surface area (TPSA) is 78.1 Å². The number of benzene rings is 2. The zero-order valence-corrected chi connectivity index (χ0v) is 15.5. The third-order valence-corrected chi connectivity index (χ3v) is 5.18. The number of imidazole rings is 1. The summed E-state index contributed by atoms with van der Waals surface area (Å²) in [5, 5.41) is 3.20. The van der Waals surface area contributed by atoms with Gasteiger partial charge in [-0.15, -0.1) is 0 Å². The summed E-state index contributed by atoms with van der Waals surface area (Å²) in [4.78, 5) is 33.9. The molecule has 6 nitrogen and oxygen atoms in total. The Kier molecular flexibility index (Phi) is 4.58. The van der Waals surface area contributed by atoms with Crippen molar-refractivity contribution in [3.8, 4) is 0 Å². The minimum absolute atomic E-state index is 0.00213. The molecule has 138 valence electrons. The van der Waals surface area contributed by atoms with Gasteiger partial charge in [0.05, 0.1) is 23.0 Å². The number of hydrogen-bond donors (Lipinski definition) is 2. The quantitative estimate of drug-likeness (QED) is 0.721. The summed E-state index contributed by atoms with van der Waals surface area (Å²) in [6, 6.07) is 15.1. The van der Waals surface area contributed by atoms with Crippen LogP contribution in [0.5, 0.6) is 0 Å². The molecule has 4 rings (SSSR count). The maximum absolute atomic E-state index is 12.7.